The van der Waals surface area contributed by atoms with Crippen molar-refractivity contribution in [2.45, 2.75) is 6.54 Å². The van der Waals surface area contributed by atoms with Gasteiger partial charge in [0.25, 0.3) is 5.91 Å². The van der Waals surface area contributed by atoms with Gasteiger partial charge in [0.1, 0.15) is 5.75 Å². The summed E-state index contributed by atoms with van der Waals surface area (Å²) in [6.07, 6.45) is 1.92. The lowest BCUT2D eigenvalue weighted by molar-refractivity contribution is 0.0949. The summed E-state index contributed by atoms with van der Waals surface area (Å²) in [5.74, 6) is -0.152. The van der Waals surface area contributed by atoms with E-state index in [0.717, 1.165) is 5.69 Å². The van der Waals surface area contributed by atoms with Crippen molar-refractivity contribution in [3.63, 3.8) is 0 Å². The lowest BCUT2D eigenvalue weighted by atomic mass is 10.2. The van der Waals surface area contributed by atoms with Crippen molar-refractivity contribution in [2.24, 2.45) is 7.05 Å². The summed E-state index contributed by atoms with van der Waals surface area (Å²) < 4.78 is 2.51. The van der Waals surface area contributed by atoms with Crippen LogP contribution >= 0.6 is 15.9 Å². The molecule has 1 aromatic carbocycles. The van der Waals surface area contributed by atoms with Crippen molar-refractivity contribution in [3.8, 4) is 5.75 Å². The second-order valence-corrected chi connectivity index (χ2v) is 4.81. The molecule has 0 aliphatic carbocycles. The molecule has 2 rings (SSSR count). The molecule has 94 valence electrons. The molecule has 0 atom stereocenters. The minimum absolute atomic E-state index is 0.0570. The van der Waals surface area contributed by atoms with E-state index in [0.29, 0.717) is 16.6 Å². The number of phenols is 1. The minimum Gasteiger partial charge on any atom is -0.507 e. The molecule has 0 fully saturated rings. The Morgan fingerprint density at radius 3 is 2.83 bits per heavy atom. The van der Waals surface area contributed by atoms with Crippen molar-refractivity contribution in [3.05, 3.63) is 52.3 Å². The minimum atomic E-state index is -0.209. The number of aromatic nitrogens is 1. The predicted molar refractivity (Wildman–Crippen MR) is 72.4 cm³/mol. The van der Waals surface area contributed by atoms with Crippen LogP contribution in [0.15, 0.2) is 41.0 Å². The summed E-state index contributed by atoms with van der Waals surface area (Å²) in [4.78, 5) is 11.9. The largest absolute Gasteiger partial charge is 0.507 e. The van der Waals surface area contributed by atoms with Gasteiger partial charge in [0.05, 0.1) is 11.0 Å². The third-order valence-corrected chi connectivity index (χ3v) is 3.36. The molecule has 0 radical (unpaired) electrons. The fourth-order valence-corrected chi connectivity index (χ4v) is 1.85. The highest BCUT2D eigenvalue weighted by molar-refractivity contribution is 9.10. The first kappa shape index (κ1) is 12.7. The van der Waals surface area contributed by atoms with Gasteiger partial charge >= 0.3 is 0 Å². The van der Waals surface area contributed by atoms with Crippen LogP contribution in [0.25, 0.3) is 0 Å². The highest BCUT2D eigenvalue weighted by Crippen LogP contribution is 2.24. The van der Waals surface area contributed by atoms with E-state index in [1.165, 1.54) is 6.07 Å². The second kappa shape index (κ2) is 5.27. The Morgan fingerprint density at radius 1 is 1.44 bits per heavy atom. The van der Waals surface area contributed by atoms with Crippen molar-refractivity contribution in [2.75, 3.05) is 0 Å². The van der Waals surface area contributed by atoms with Crippen molar-refractivity contribution >= 4 is 21.8 Å². The SMILES string of the molecule is Cn1cccc1CNC(=O)c1ccc(Br)c(O)c1. The zero-order valence-electron chi connectivity index (χ0n) is 9.85. The maximum atomic E-state index is 11.9. The average molecular weight is 309 g/mol. The van der Waals surface area contributed by atoms with Gasteiger partial charge in [0.2, 0.25) is 0 Å². The number of benzene rings is 1. The summed E-state index contributed by atoms with van der Waals surface area (Å²) in [5, 5.41) is 12.3. The molecule has 5 heteroatoms. The quantitative estimate of drug-likeness (QED) is 0.915. The first-order valence-corrected chi connectivity index (χ1v) is 6.24. The number of amides is 1. The Labute approximate surface area is 113 Å². The molecule has 0 saturated heterocycles. The van der Waals surface area contributed by atoms with Gasteiger partial charge < -0.3 is 15.0 Å². The molecule has 4 nitrogen and oxygen atoms in total. The molecule has 18 heavy (non-hydrogen) atoms. The van der Waals surface area contributed by atoms with Gasteiger partial charge in [-0.25, -0.2) is 0 Å². The number of aryl methyl sites for hydroxylation is 1. The van der Waals surface area contributed by atoms with Crippen LogP contribution < -0.4 is 5.32 Å². The summed E-state index contributed by atoms with van der Waals surface area (Å²) in [5.41, 5.74) is 1.45. The number of rotatable bonds is 3. The van der Waals surface area contributed by atoms with Crippen LogP contribution in [0.2, 0.25) is 0 Å². The lowest BCUT2D eigenvalue weighted by Crippen LogP contribution is -2.23. The fraction of sp³-hybridized carbons (Fsp3) is 0.154. The van der Waals surface area contributed by atoms with E-state index in [1.807, 2.05) is 29.9 Å². The molecular formula is C13H13BrN2O2. The average Bonchev–Trinajstić information content (AvgIpc) is 2.75. The Kier molecular flexibility index (Phi) is 3.72. The Morgan fingerprint density at radius 2 is 2.22 bits per heavy atom. The summed E-state index contributed by atoms with van der Waals surface area (Å²) in [6, 6.07) is 8.60. The molecule has 2 N–H and O–H groups in total. The standard InChI is InChI=1S/C13H13BrN2O2/c1-16-6-2-3-10(16)8-15-13(18)9-4-5-11(14)12(17)7-9/h2-7,17H,8H2,1H3,(H,15,18). The number of hydrogen-bond acceptors (Lipinski definition) is 2. The molecule has 0 bridgehead atoms. The second-order valence-electron chi connectivity index (χ2n) is 3.96. The summed E-state index contributed by atoms with van der Waals surface area (Å²) in [7, 11) is 1.92. The molecule has 1 amide bonds. The Balaban J connectivity index is 2.04. The maximum Gasteiger partial charge on any atom is 0.251 e. The third-order valence-electron chi connectivity index (χ3n) is 2.69. The van der Waals surface area contributed by atoms with E-state index < -0.39 is 0 Å². The normalized spacial score (nSPS) is 10.3. The van der Waals surface area contributed by atoms with Crippen LogP contribution in [0.5, 0.6) is 5.75 Å². The smallest absolute Gasteiger partial charge is 0.251 e. The molecule has 0 unspecified atom stereocenters. The van der Waals surface area contributed by atoms with Crippen LogP contribution in [0.4, 0.5) is 0 Å². The van der Waals surface area contributed by atoms with Crippen molar-refractivity contribution < 1.29 is 9.90 Å². The first-order chi connectivity index (χ1) is 8.58. The molecule has 0 saturated carbocycles. The molecule has 0 spiro atoms. The van der Waals surface area contributed by atoms with Gasteiger partial charge in [-0.2, -0.15) is 0 Å². The van der Waals surface area contributed by atoms with E-state index in [9.17, 15) is 9.90 Å². The van der Waals surface area contributed by atoms with E-state index in [1.54, 1.807) is 12.1 Å². The zero-order chi connectivity index (χ0) is 13.1. The molecule has 1 heterocycles. The van der Waals surface area contributed by atoms with E-state index in [2.05, 4.69) is 21.2 Å². The van der Waals surface area contributed by atoms with Crippen molar-refractivity contribution in [1.29, 1.82) is 0 Å². The summed E-state index contributed by atoms with van der Waals surface area (Å²) in [6.45, 7) is 0.457. The predicted octanol–water partition coefficient (Wildman–Crippen LogP) is 2.42. The van der Waals surface area contributed by atoms with Crippen LogP contribution in [0.1, 0.15) is 16.1 Å². The number of halogens is 1. The number of aromatic hydroxyl groups is 1. The first-order valence-electron chi connectivity index (χ1n) is 5.45. The third kappa shape index (κ3) is 2.73. The number of carbonyl (C=O) groups is 1. The molecule has 2 aromatic rings. The van der Waals surface area contributed by atoms with E-state index in [4.69, 9.17) is 0 Å². The number of nitrogens with one attached hydrogen (secondary N) is 1. The van der Waals surface area contributed by atoms with E-state index in [-0.39, 0.29) is 11.7 Å². The number of hydrogen-bond donors (Lipinski definition) is 2. The van der Waals surface area contributed by atoms with Crippen LogP contribution in [0, 0.1) is 0 Å². The van der Waals surface area contributed by atoms with Crippen LogP contribution in [-0.2, 0) is 13.6 Å². The molecule has 1 aromatic heterocycles. The van der Waals surface area contributed by atoms with Crippen molar-refractivity contribution in [1.82, 2.24) is 9.88 Å². The van der Waals surface area contributed by atoms with Crippen LogP contribution in [0.3, 0.4) is 0 Å². The summed E-state index contributed by atoms with van der Waals surface area (Å²) >= 11 is 3.17. The topological polar surface area (TPSA) is 54.3 Å². The monoisotopic (exact) mass is 308 g/mol. The number of phenolic OH excluding ortho intramolecular Hbond substituents is 1. The molecule has 0 aliphatic rings. The molecule has 0 aliphatic heterocycles. The maximum absolute atomic E-state index is 11.9. The number of carbonyl (C=O) groups excluding carboxylic acids is 1. The zero-order valence-corrected chi connectivity index (χ0v) is 11.4. The Bertz CT molecular complexity index is 578. The highest BCUT2D eigenvalue weighted by atomic mass is 79.9. The fourth-order valence-electron chi connectivity index (χ4n) is 1.61. The Hall–Kier alpha value is -1.75. The molecular weight excluding hydrogens is 296 g/mol. The van der Waals surface area contributed by atoms with Gasteiger partial charge in [0, 0.05) is 24.5 Å². The van der Waals surface area contributed by atoms with E-state index >= 15 is 0 Å². The highest BCUT2D eigenvalue weighted by Gasteiger charge is 2.08. The van der Waals surface area contributed by atoms with Gasteiger partial charge in [-0.15, -0.1) is 0 Å². The number of nitrogens with zero attached hydrogens (tertiary/aromatic N) is 1. The van der Waals surface area contributed by atoms with Crippen LogP contribution in [-0.4, -0.2) is 15.6 Å². The van der Waals surface area contributed by atoms with Gasteiger partial charge in [-0.1, -0.05) is 0 Å². The van der Waals surface area contributed by atoms with Gasteiger partial charge in [-0.05, 0) is 46.3 Å². The van der Waals surface area contributed by atoms with Gasteiger partial charge in [-0.3, -0.25) is 4.79 Å². The van der Waals surface area contributed by atoms with Gasteiger partial charge in [0.15, 0.2) is 0 Å². The lowest BCUT2D eigenvalue weighted by Gasteiger charge is -2.07.